The Hall–Kier alpha value is -0.790. The van der Waals surface area contributed by atoms with Gasteiger partial charge in [0.05, 0.1) is 0 Å². The van der Waals surface area contributed by atoms with E-state index < -0.39 is 10.0 Å². The maximum atomic E-state index is 12.2. The standard InChI is InChI=1S/C9H11N3O2S2/c13-16(14,8-2-1-7-15-8)12-5-3-9(4-6-12)10-11-9/h1-2,7H,3-6H2. The lowest BCUT2D eigenvalue weighted by Gasteiger charge is -2.28. The Balaban J connectivity index is 1.78. The van der Waals surface area contributed by atoms with Crippen LogP contribution in [0.1, 0.15) is 12.8 Å². The van der Waals surface area contributed by atoms with Crippen molar-refractivity contribution in [3.63, 3.8) is 0 Å². The molecule has 16 heavy (non-hydrogen) atoms. The Kier molecular flexibility index (Phi) is 2.17. The third-order valence-electron chi connectivity index (χ3n) is 3.00. The second kappa shape index (κ2) is 3.35. The van der Waals surface area contributed by atoms with Crippen LogP contribution < -0.4 is 0 Å². The first-order valence-corrected chi connectivity index (χ1v) is 7.42. The molecule has 0 aromatic carbocycles. The monoisotopic (exact) mass is 257 g/mol. The van der Waals surface area contributed by atoms with Gasteiger partial charge in [-0.05, 0) is 11.4 Å². The van der Waals surface area contributed by atoms with E-state index in [2.05, 4.69) is 10.2 Å². The third kappa shape index (κ3) is 1.59. The summed E-state index contributed by atoms with van der Waals surface area (Å²) in [6, 6.07) is 3.41. The number of sulfonamides is 1. The third-order valence-corrected chi connectivity index (χ3v) is 6.27. The van der Waals surface area contributed by atoms with Crippen LogP contribution in [0.2, 0.25) is 0 Å². The highest BCUT2D eigenvalue weighted by molar-refractivity contribution is 7.91. The van der Waals surface area contributed by atoms with Crippen LogP contribution in [0.15, 0.2) is 32.0 Å². The fourth-order valence-corrected chi connectivity index (χ4v) is 4.48. The molecule has 0 atom stereocenters. The normalized spacial score (nSPS) is 23.8. The van der Waals surface area contributed by atoms with Crippen molar-refractivity contribution in [3.05, 3.63) is 17.5 Å². The average molecular weight is 257 g/mol. The molecule has 7 heteroatoms. The molecule has 3 rings (SSSR count). The highest BCUT2D eigenvalue weighted by Gasteiger charge is 2.45. The van der Waals surface area contributed by atoms with E-state index in [0.29, 0.717) is 17.3 Å². The first-order valence-electron chi connectivity index (χ1n) is 5.10. The van der Waals surface area contributed by atoms with E-state index in [-0.39, 0.29) is 5.66 Å². The molecule has 2 aliphatic heterocycles. The predicted molar refractivity (Wildman–Crippen MR) is 59.9 cm³/mol. The second-order valence-corrected chi connectivity index (χ2v) is 7.13. The number of thiophene rings is 1. The molecule has 0 bridgehead atoms. The van der Waals surface area contributed by atoms with E-state index in [4.69, 9.17) is 0 Å². The topological polar surface area (TPSA) is 62.1 Å². The van der Waals surface area contributed by atoms with Gasteiger partial charge in [0, 0.05) is 25.9 Å². The molecule has 3 heterocycles. The molecule has 2 aliphatic rings. The van der Waals surface area contributed by atoms with Gasteiger partial charge >= 0.3 is 0 Å². The van der Waals surface area contributed by atoms with Crippen molar-refractivity contribution in [1.29, 1.82) is 0 Å². The summed E-state index contributed by atoms with van der Waals surface area (Å²) in [6.45, 7) is 1.04. The molecule has 1 aromatic heterocycles. The molecular formula is C9H11N3O2S2. The second-order valence-electron chi connectivity index (χ2n) is 4.02. The lowest BCUT2D eigenvalue weighted by atomic mass is 10.0. The zero-order valence-electron chi connectivity index (χ0n) is 8.54. The minimum Gasteiger partial charge on any atom is -0.206 e. The van der Waals surface area contributed by atoms with Gasteiger partial charge in [-0.1, -0.05) is 6.07 Å². The molecule has 5 nitrogen and oxygen atoms in total. The molecule has 1 spiro atoms. The predicted octanol–water partition coefficient (Wildman–Crippen LogP) is 1.69. The summed E-state index contributed by atoms with van der Waals surface area (Å²) in [5, 5.41) is 9.74. The Morgan fingerprint density at radius 2 is 2.00 bits per heavy atom. The summed E-state index contributed by atoms with van der Waals surface area (Å²) in [7, 11) is -3.27. The molecular weight excluding hydrogens is 246 g/mol. The number of hydrogen-bond donors (Lipinski definition) is 0. The number of piperidine rings is 1. The van der Waals surface area contributed by atoms with E-state index >= 15 is 0 Å². The number of rotatable bonds is 2. The van der Waals surface area contributed by atoms with Crippen LogP contribution in [0, 0.1) is 0 Å². The van der Waals surface area contributed by atoms with E-state index in [1.807, 2.05) is 0 Å². The molecule has 1 fully saturated rings. The van der Waals surface area contributed by atoms with Crippen molar-refractivity contribution >= 4 is 21.4 Å². The van der Waals surface area contributed by atoms with Crippen LogP contribution in [-0.2, 0) is 10.0 Å². The van der Waals surface area contributed by atoms with Crippen molar-refractivity contribution in [2.75, 3.05) is 13.1 Å². The van der Waals surface area contributed by atoms with Gasteiger partial charge in [-0.15, -0.1) is 11.3 Å². The summed E-state index contributed by atoms with van der Waals surface area (Å²) in [5.41, 5.74) is -0.221. The minimum atomic E-state index is -3.27. The fraction of sp³-hybridized carbons (Fsp3) is 0.556. The molecule has 0 radical (unpaired) electrons. The summed E-state index contributed by atoms with van der Waals surface area (Å²) < 4.78 is 26.3. The summed E-state index contributed by atoms with van der Waals surface area (Å²) in [5.74, 6) is 0. The highest BCUT2D eigenvalue weighted by atomic mass is 32.2. The van der Waals surface area contributed by atoms with Crippen LogP contribution in [0.25, 0.3) is 0 Å². The lowest BCUT2D eigenvalue weighted by molar-refractivity contribution is 0.295. The average Bonchev–Trinajstić information content (AvgIpc) is 2.84. The molecule has 0 aliphatic carbocycles. The van der Waals surface area contributed by atoms with Crippen LogP contribution in [0.4, 0.5) is 0 Å². The largest absolute Gasteiger partial charge is 0.252 e. The van der Waals surface area contributed by atoms with E-state index in [1.165, 1.54) is 15.6 Å². The van der Waals surface area contributed by atoms with Crippen LogP contribution in [0.5, 0.6) is 0 Å². The van der Waals surface area contributed by atoms with Crippen LogP contribution >= 0.6 is 11.3 Å². The smallest absolute Gasteiger partial charge is 0.206 e. The van der Waals surface area contributed by atoms with Gasteiger partial charge in [0.1, 0.15) is 4.21 Å². The van der Waals surface area contributed by atoms with E-state index in [0.717, 1.165) is 12.8 Å². The van der Waals surface area contributed by atoms with Crippen LogP contribution in [0.3, 0.4) is 0 Å². The number of hydrogen-bond acceptors (Lipinski definition) is 5. The SMILES string of the molecule is O=S(=O)(c1cccs1)N1CCC2(CC1)N=N2. The Bertz CT molecular complexity index is 505. The number of nitrogens with zero attached hydrogens (tertiary/aromatic N) is 3. The maximum Gasteiger partial charge on any atom is 0.252 e. The van der Waals surface area contributed by atoms with Crippen molar-refractivity contribution in [2.24, 2.45) is 10.2 Å². The van der Waals surface area contributed by atoms with Crippen LogP contribution in [-0.4, -0.2) is 31.5 Å². The summed E-state index contributed by atoms with van der Waals surface area (Å²) in [4.78, 5) is 0. The Labute approximate surface area is 97.9 Å². The van der Waals surface area contributed by atoms with E-state index in [9.17, 15) is 8.42 Å². The minimum absolute atomic E-state index is 0.221. The molecule has 0 unspecified atom stereocenters. The van der Waals surface area contributed by atoms with Gasteiger partial charge in [-0.25, -0.2) is 8.42 Å². The highest BCUT2D eigenvalue weighted by Crippen LogP contribution is 2.39. The van der Waals surface area contributed by atoms with Gasteiger partial charge in [0.15, 0.2) is 5.66 Å². The van der Waals surface area contributed by atoms with E-state index in [1.54, 1.807) is 17.5 Å². The Morgan fingerprint density at radius 1 is 1.31 bits per heavy atom. The zero-order chi connectivity index (χ0) is 11.2. The molecule has 1 saturated heterocycles. The van der Waals surface area contributed by atoms with Gasteiger partial charge in [0.25, 0.3) is 10.0 Å². The zero-order valence-corrected chi connectivity index (χ0v) is 10.2. The molecule has 0 amide bonds. The van der Waals surface area contributed by atoms with Crippen molar-refractivity contribution < 1.29 is 8.42 Å². The summed E-state index contributed by atoms with van der Waals surface area (Å²) >= 11 is 1.26. The van der Waals surface area contributed by atoms with Crippen molar-refractivity contribution in [2.45, 2.75) is 22.7 Å². The van der Waals surface area contributed by atoms with Gasteiger partial charge in [-0.2, -0.15) is 14.5 Å². The quantitative estimate of drug-likeness (QED) is 0.809. The molecule has 0 saturated carbocycles. The lowest BCUT2D eigenvalue weighted by Crippen LogP contribution is -2.41. The van der Waals surface area contributed by atoms with Crippen molar-refractivity contribution in [3.8, 4) is 0 Å². The summed E-state index contributed by atoms with van der Waals surface area (Å²) in [6.07, 6.45) is 1.44. The first-order chi connectivity index (χ1) is 7.62. The van der Waals surface area contributed by atoms with Crippen molar-refractivity contribution in [1.82, 2.24) is 4.31 Å². The fourth-order valence-electron chi connectivity index (χ4n) is 1.89. The molecule has 1 aromatic rings. The maximum absolute atomic E-state index is 12.2. The first kappa shape index (κ1) is 10.4. The van der Waals surface area contributed by atoms with Gasteiger partial charge in [-0.3, -0.25) is 0 Å². The van der Waals surface area contributed by atoms with Gasteiger partial charge in [0.2, 0.25) is 0 Å². The molecule has 0 N–H and O–H groups in total. The Morgan fingerprint density at radius 3 is 2.50 bits per heavy atom. The molecule has 86 valence electrons. The van der Waals surface area contributed by atoms with Gasteiger partial charge < -0.3 is 0 Å².